The number of para-hydroxylation sites is 2. The average molecular weight is 455 g/mol. The number of anilines is 1. The first kappa shape index (κ1) is 23.3. The van der Waals surface area contributed by atoms with Crippen LogP contribution in [0, 0.1) is 0 Å². The molecular formula is C24H26N2O5S. The summed E-state index contributed by atoms with van der Waals surface area (Å²) in [6.45, 7) is 3.91. The van der Waals surface area contributed by atoms with Gasteiger partial charge >= 0.3 is 0 Å². The highest BCUT2D eigenvalue weighted by Gasteiger charge is 2.18. The topological polar surface area (TPSA) is 93.7 Å². The molecule has 3 aromatic rings. The van der Waals surface area contributed by atoms with Gasteiger partial charge < -0.3 is 14.8 Å². The van der Waals surface area contributed by atoms with Crippen molar-refractivity contribution in [1.29, 1.82) is 0 Å². The summed E-state index contributed by atoms with van der Waals surface area (Å²) in [5.74, 6) is 0.607. The standard InChI is InChI=1S/C24H26N2O5S/c1-3-30-23-12-8-7-11-22(23)25-24(27)17-31-20-13-15-21(16-14-20)32(28,29)26-18(2)19-9-5-4-6-10-19/h4-16,18,26H,3,17H2,1-2H3,(H,25,27)/t18-/m1/s1. The van der Waals surface area contributed by atoms with Gasteiger partial charge in [0.15, 0.2) is 6.61 Å². The molecule has 7 nitrogen and oxygen atoms in total. The second-order valence-electron chi connectivity index (χ2n) is 6.99. The van der Waals surface area contributed by atoms with Crippen molar-refractivity contribution in [2.45, 2.75) is 24.8 Å². The van der Waals surface area contributed by atoms with Crippen LogP contribution in [0.15, 0.2) is 83.8 Å². The van der Waals surface area contributed by atoms with E-state index in [9.17, 15) is 13.2 Å². The minimum atomic E-state index is -3.71. The molecule has 0 radical (unpaired) electrons. The number of nitrogens with one attached hydrogen (secondary N) is 2. The zero-order valence-electron chi connectivity index (χ0n) is 17.9. The van der Waals surface area contributed by atoms with E-state index >= 15 is 0 Å². The fraction of sp³-hybridized carbons (Fsp3) is 0.208. The summed E-state index contributed by atoms with van der Waals surface area (Å²) in [6.07, 6.45) is 0. The van der Waals surface area contributed by atoms with Crippen molar-refractivity contribution in [2.24, 2.45) is 0 Å². The molecule has 1 atom stereocenters. The summed E-state index contributed by atoms with van der Waals surface area (Å²) in [5, 5.41) is 2.74. The monoisotopic (exact) mass is 454 g/mol. The first-order chi connectivity index (χ1) is 15.4. The fourth-order valence-electron chi connectivity index (χ4n) is 3.01. The van der Waals surface area contributed by atoms with E-state index in [4.69, 9.17) is 9.47 Å². The SMILES string of the molecule is CCOc1ccccc1NC(=O)COc1ccc(S(=O)(=O)N[C@H](C)c2ccccc2)cc1. The van der Waals surface area contributed by atoms with E-state index in [1.807, 2.05) is 43.3 Å². The van der Waals surface area contributed by atoms with Gasteiger partial charge in [-0.05, 0) is 55.8 Å². The Kier molecular flexibility index (Phi) is 7.86. The number of rotatable bonds is 10. The van der Waals surface area contributed by atoms with E-state index in [0.717, 1.165) is 5.56 Å². The minimum absolute atomic E-state index is 0.114. The van der Waals surface area contributed by atoms with Gasteiger partial charge in [-0.25, -0.2) is 13.1 Å². The summed E-state index contributed by atoms with van der Waals surface area (Å²) < 4.78 is 38.9. The lowest BCUT2D eigenvalue weighted by Gasteiger charge is -2.15. The maximum atomic E-state index is 12.7. The lowest BCUT2D eigenvalue weighted by atomic mass is 10.1. The Hall–Kier alpha value is -3.36. The Morgan fingerprint density at radius 1 is 0.906 bits per heavy atom. The molecule has 2 N–H and O–H groups in total. The quantitative estimate of drug-likeness (QED) is 0.480. The van der Waals surface area contributed by atoms with Crippen molar-refractivity contribution in [2.75, 3.05) is 18.5 Å². The first-order valence-corrected chi connectivity index (χ1v) is 11.7. The van der Waals surface area contributed by atoms with Gasteiger partial charge in [0.05, 0.1) is 17.2 Å². The van der Waals surface area contributed by atoms with Crippen LogP contribution >= 0.6 is 0 Å². The molecule has 3 aromatic carbocycles. The van der Waals surface area contributed by atoms with Crippen molar-refractivity contribution >= 4 is 21.6 Å². The van der Waals surface area contributed by atoms with Gasteiger partial charge in [0, 0.05) is 6.04 Å². The van der Waals surface area contributed by atoms with Gasteiger partial charge in [-0.15, -0.1) is 0 Å². The molecule has 0 aliphatic heterocycles. The van der Waals surface area contributed by atoms with E-state index in [2.05, 4.69) is 10.0 Å². The van der Waals surface area contributed by atoms with Crippen LogP contribution in [0.4, 0.5) is 5.69 Å². The van der Waals surface area contributed by atoms with Gasteiger partial charge in [0.2, 0.25) is 10.0 Å². The van der Waals surface area contributed by atoms with Crippen molar-refractivity contribution in [3.05, 3.63) is 84.4 Å². The van der Waals surface area contributed by atoms with Gasteiger partial charge in [-0.2, -0.15) is 0 Å². The average Bonchev–Trinajstić information content (AvgIpc) is 2.80. The molecule has 0 spiro atoms. The molecule has 0 aliphatic carbocycles. The van der Waals surface area contributed by atoms with Gasteiger partial charge in [0.1, 0.15) is 11.5 Å². The Bertz CT molecular complexity index is 1130. The molecule has 1 amide bonds. The Balaban J connectivity index is 1.57. The van der Waals surface area contributed by atoms with Crippen molar-refractivity contribution in [1.82, 2.24) is 4.72 Å². The number of carbonyl (C=O) groups excluding carboxylic acids is 1. The molecule has 0 aromatic heterocycles. The number of benzene rings is 3. The van der Waals surface area contributed by atoms with Crippen LogP contribution < -0.4 is 19.5 Å². The molecular weight excluding hydrogens is 428 g/mol. The zero-order valence-corrected chi connectivity index (χ0v) is 18.8. The summed E-state index contributed by atoms with van der Waals surface area (Å²) >= 11 is 0. The van der Waals surface area contributed by atoms with E-state index in [1.165, 1.54) is 24.3 Å². The fourth-order valence-corrected chi connectivity index (χ4v) is 4.24. The van der Waals surface area contributed by atoms with Crippen LogP contribution in [0.3, 0.4) is 0 Å². The molecule has 0 aliphatic rings. The predicted molar refractivity (Wildman–Crippen MR) is 123 cm³/mol. The minimum Gasteiger partial charge on any atom is -0.492 e. The van der Waals surface area contributed by atoms with E-state index < -0.39 is 10.0 Å². The van der Waals surface area contributed by atoms with Gasteiger partial charge in [-0.1, -0.05) is 42.5 Å². The third-order valence-electron chi connectivity index (χ3n) is 4.60. The third kappa shape index (κ3) is 6.32. The Labute approximate surface area is 188 Å². The van der Waals surface area contributed by atoms with Crippen LogP contribution in [0.25, 0.3) is 0 Å². The summed E-state index contributed by atoms with van der Waals surface area (Å²) in [4.78, 5) is 12.3. The molecule has 3 rings (SSSR count). The van der Waals surface area contributed by atoms with Crippen LogP contribution in [-0.4, -0.2) is 27.5 Å². The van der Waals surface area contributed by atoms with Crippen LogP contribution in [-0.2, 0) is 14.8 Å². The smallest absolute Gasteiger partial charge is 0.262 e. The number of ether oxygens (including phenoxy) is 2. The molecule has 32 heavy (non-hydrogen) atoms. The molecule has 0 heterocycles. The van der Waals surface area contributed by atoms with E-state index in [0.29, 0.717) is 23.8 Å². The second kappa shape index (κ2) is 10.8. The van der Waals surface area contributed by atoms with Gasteiger partial charge in [-0.3, -0.25) is 4.79 Å². The summed E-state index contributed by atoms with van der Waals surface area (Å²) in [5.41, 5.74) is 1.43. The Morgan fingerprint density at radius 2 is 1.56 bits per heavy atom. The lowest BCUT2D eigenvalue weighted by molar-refractivity contribution is -0.118. The number of hydrogen-bond donors (Lipinski definition) is 2. The molecule has 0 unspecified atom stereocenters. The number of amides is 1. The second-order valence-corrected chi connectivity index (χ2v) is 8.71. The van der Waals surface area contributed by atoms with E-state index in [-0.39, 0.29) is 23.5 Å². The van der Waals surface area contributed by atoms with E-state index in [1.54, 1.807) is 25.1 Å². The van der Waals surface area contributed by atoms with Crippen molar-refractivity contribution in [3.63, 3.8) is 0 Å². The third-order valence-corrected chi connectivity index (χ3v) is 6.15. The highest BCUT2D eigenvalue weighted by molar-refractivity contribution is 7.89. The van der Waals surface area contributed by atoms with Crippen LogP contribution in [0.2, 0.25) is 0 Å². The van der Waals surface area contributed by atoms with Crippen LogP contribution in [0.5, 0.6) is 11.5 Å². The molecule has 0 saturated carbocycles. The molecule has 0 fully saturated rings. The summed E-state index contributed by atoms with van der Waals surface area (Å²) in [6, 6.07) is 22.0. The largest absolute Gasteiger partial charge is 0.492 e. The summed E-state index contributed by atoms with van der Waals surface area (Å²) in [7, 11) is -3.71. The lowest BCUT2D eigenvalue weighted by Crippen LogP contribution is -2.26. The van der Waals surface area contributed by atoms with Crippen LogP contribution in [0.1, 0.15) is 25.5 Å². The predicted octanol–water partition coefficient (Wildman–Crippen LogP) is 4.14. The normalized spacial score (nSPS) is 12.1. The maximum absolute atomic E-state index is 12.7. The number of hydrogen-bond acceptors (Lipinski definition) is 5. The highest BCUT2D eigenvalue weighted by Crippen LogP contribution is 2.24. The first-order valence-electron chi connectivity index (χ1n) is 10.2. The van der Waals surface area contributed by atoms with Gasteiger partial charge in [0.25, 0.3) is 5.91 Å². The van der Waals surface area contributed by atoms with Crippen molar-refractivity contribution < 1.29 is 22.7 Å². The van der Waals surface area contributed by atoms with Crippen molar-refractivity contribution in [3.8, 4) is 11.5 Å². The number of sulfonamides is 1. The highest BCUT2D eigenvalue weighted by atomic mass is 32.2. The molecule has 168 valence electrons. The Morgan fingerprint density at radius 3 is 2.25 bits per heavy atom. The maximum Gasteiger partial charge on any atom is 0.262 e. The zero-order chi connectivity index (χ0) is 23.0. The number of carbonyl (C=O) groups is 1. The molecule has 0 bridgehead atoms. The molecule has 8 heteroatoms. The molecule has 0 saturated heterocycles.